The molecule has 0 amide bonds. The van der Waals surface area contributed by atoms with E-state index in [1.54, 1.807) is 6.07 Å². The van der Waals surface area contributed by atoms with Gasteiger partial charge in [-0.15, -0.1) is 0 Å². The fraction of sp³-hybridized carbons (Fsp3) is 0.300. The summed E-state index contributed by atoms with van der Waals surface area (Å²) in [4.78, 5) is 0. The van der Waals surface area contributed by atoms with Gasteiger partial charge in [-0.2, -0.15) is 5.10 Å². The molecule has 3 heteroatoms. The summed E-state index contributed by atoms with van der Waals surface area (Å²) in [6.45, 7) is 0. The van der Waals surface area contributed by atoms with Gasteiger partial charge in [0.1, 0.15) is 5.82 Å². The van der Waals surface area contributed by atoms with Crippen molar-refractivity contribution in [3.05, 3.63) is 35.6 Å². The molecule has 2 nitrogen and oxygen atoms in total. The number of nitrogens with zero attached hydrogens (tertiary/aromatic N) is 1. The largest absolute Gasteiger partial charge is 0.323 e. The van der Waals surface area contributed by atoms with Crippen LogP contribution in [0.2, 0.25) is 0 Å². The highest BCUT2D eigenvalue weighted by Gasteiger charge is 2.27. The monoisotopic (exact) mass is 178 g/mol. The third-order valence-corrected chi connectivity index (χ3v) is 2.49. The fourth-order valence-corrected chi connectivity index (χ4v) is 1.64. The zero-order valence-electron chi connectivity index (χ0n) is 7.20. The van der Waals surface area contributed by atoms with Crippen LogP contribution in [0, 0.1) is 5.82 Å². The third-order valence-electron chi connectivity index (χ3n) is 2.49. The molecule has 2 rings (SSSR count). The van der Waals surface area contributed by atoms with Crippen LogP contribution in [0.1, 0.15) is 24.3 Å². The number of nitrogens with two attached hydrogens (primary N) is 1. The van der Waals surface area contributed by atoms with Gasteiger partial charge in [0.05, 0.1) is 0 Å². The predicted molar refractivity (Wildman–Crippen MR) is 50.0 cm³/mol. The first-order valence-electron chi connectivity index (χ1n) is 4.31. The topological polar surface area (TPSA) is 38.4 Å². The Labute approximate surface area is 76.3 Å². The zero-order chi connectivity index (χ0) is 9.26. The summed E-state index contributed by atoms with van der Waals surface area (Å²) in [6.07, 6.45) is 1.61. The smallest absolute Gasteiger partial charge is 0.126 e. The molecule has 0 unspecified atom stereocenters. The molecule has 1 aromatic carbocycles. The molecule has 0 aromatic heterocycles. The Hall–Kier alpha value is -1.38. The van der Waals surface area contributed by atoms with Crippen molar-refractivity contribution in [2.45, 2.75) is 18.8 Å². The van der Waals surface area contributed by atoms with E-state index in [-0.39, 0.29) is 11.7 Å². The van der Waals surface area contributed by atoms with Crippen LogP contribution in [0.5, 0.6) is 0 Å². The minimum atomic E-state index is -0.122. The molecular weight excluding hydrogens is 167 g/mol. The van der Waals surface area contributed by atoms with E-state index in [4.69, 9.17) is 5.84 Å². The molecule has 68 valence electrons. The summed E-state index contributed by atoms with van der Waals surface area (Å²) in [7, 11) is 0. The van der Waals surface area contributed by atoms with Gasteiger partial charge >= 0.3 is 0 Å². The number of hydrazone groups is 1. The van der Waals surface area contributed by atoms with Crippen LogP contribution in [0.15, 0.2) is 29.4 Å². The Morgan fingerprint density at radius 3 is 2.62 bits per heavy atom. The molecule has 0 saturated heterocycles. The average molecular weight is 178 g/mol. The molecule has 1 saturated carbocycles. The first kappa shape index (κ1) is 8.23. The lowest BCUT2D eigenvalue weighted by atomic mass is 9.78. The Bertz CT molecular complexity index is 339. The van der Waals surface area contributed by atoms with Gasteiger partial charge in [-0.1, -0.05) is 18.2 Å². The van der Waals surface area contributed by atoms with E-state index in [1.165, 1.54) is 6.07 Å². The van der Waals surface area contributed by atoms with Gasteiger partial charge in [-0.25, -0.2) is 4.39 Å². The Kier molecular flexibility index (Phi) is 2.00. The average Bonchev–Trinajstić information content (AvgIpc) is 2.06. The molecule has 0 aliphatic heterocycles. The van der Waals surface area contributed by atoms with Crippen LogP contribution in [0.4, 0.5) is 4.39 Å². The summed E-state index contributed by atoms with van der Waals surface area (Å²) in [5, 5.41) is 3.59. The molecule has 13 heavy (non-hydrogen) atoms. The standard InChI is InChI=1S/C10H11FN2/c11-10-4-2-1-3-9(10)7-5-8(6-7)13-12/h1-4,7H,5-6,12H2. The van der Waals surface area contributed by atoms with Crippen LogP contribution in [0.25, 0.3) is 0 Å². The van der Waals surface area contributed by atoms with Gasteiger partial charge in [-0.05, 0) is 30.4 Å². The minimum absolute atomic E-state index is 0.122. The lowest BCUT2D eigenvalue weighted by molar-refractivity contribution is 0.562. The summed E-state index contributed by atoms with van der Waals surface area (Å²) in [5.41, 5.74) is 1.77. The second kappa shape index (κ2) is 3.17. The van der Waals surface area contributed by atoms with Crippen molar-refractivity contribution in [3.63, 3.8) is 0 Å². The second-order valence-corrected chi connectivity index (χ2v) is 3.32. The molecule has 0 atom stereocenters. The SMILES string of the molecule is NN=C1CC(c2ccccc2F)C1. The predicted octanol–water partition coefficient (Wildman–Crippen LogP) is 2.02. The van der Waals surface area contributed by atoms with E-state index < -0.39 is 0 Å². The van der Waals surface area contributed by atoms with Crippen LogP contribution in [-0.2, 0) is 0 Å². The van der Waals surface area contributed by atoms with Crippen molar-refractivity contribution in [1.82, 2.24) is 0 Å². The number of hydrogen-bond donors (Lipinski definition) is 1. The van der Waals surface area contributed by atoms with Gasteiger partial charge < -0.3 is 5.84 Å². The lowest BCUT2D eigenvalue weighted by Crippen LogP contribution is -2.23. The molecule has 1 fully saturated rings. The van der Waals surface area contributed by atoms with E-state index in [1.807, 2.05) is 12.1 Å². The molecule has 2 N–H and O–H groups in total. The third kappa shape index (κ3) is 1.41. The molecular formula is C10H11FN2. The highest BCUT2D eigenvalue weighted by molar-refractivity contribution is 5.91. The normalized spacial score (nSPS) is 21.0. The van der Waals surface area contributed by atoms with E-state index in [0.717, 1.165) is 24.1 Å². The van der Waals surface area contributed by atoms with Crippen LogP contribution >= 0.6 is 0 Å². The van der Waals surface area contributed by atoms with Gasteiger partial charge in [0, 0.05) is 5.71 Å². The van der Waals surface area contributed by atoms with Gasteiger partial charge in [0.15, 0.2) is 0 Å². The fourth-order valence-electron chi connectivity index (χ4n) is 1.64. The van der Waals surface area contributed by atoms with Crippen molar-refractivity contribution in [3.8, 4) is 0 Å². The van der Waals surface area contributed by atoms with Gasteiger partial charge in [0.25, 0.3) is 0 Å². The molecule has 0 bridgehead atoms. The Balaban J connectivity index is 2.16. The summed E-state index contributed by atoms with van der Waals surface area (Å²) < 4.78 is 13.2. The quantitative estimate of drug-likeness (QED) is 0.518. The summed E-state index contributed by atoms with van der Waals surface area (Å²) in [5.74, 6) is 5.27. The van der Waals surface area contributed by atoms with E-state index >= 15 is 0 Å². The maximum atomic E-state index is 13.2. The van der Waals surface area contributed by atoms with Gasteiger partial charge in [-0.3, -0.25) is 0 Å². The minimum Gasteiger partial charge on any atom is -0.323 e. The molecule has 0 spiro atoms. The Morgan fingerprint density at radius 1 is 1.31 bits per heavy atom. The van der Waals surface area contributed by atoms with E-state index in [0.29, 0.717) is 0 Å². The van der Waals surface area contributed by atoms with Crippen LogP contribution < -0.4 is 5.84 Å². The maximum Gasteiger partial charge on any atom is 0.126 e. The van der Waals surface area contributed by atoms with Crippen LogP contribution in [-0.4, -0.2) is 5.71 Å². The maximum absolute atomic E-state index is 13.2. The highest BCUT2D eigenvalue weighted by atomic mass is 19.1. The number of halogens is 1. The van der Waals surface area contributed by atoms with E-state index in [9.17, 15) is 4.39 Å². The highest BCUT2D eigenvalue weighted by Crippen LogP contribution is 2.35. The second-order valence-electron chi connectivity index (χ2n) is 3.32. The van der Waals surface area contributed by atoms with Crippen molar-refractivity contribution < 1.29 is 4.39 Å². The molecule has 0 radical (unpaired) electrons. The first-order valence-corrected chi connectivity index (χ1v) is 4.31. The number of rotatable bonds is 1. The van der Waals surface area contributed by atoms with E-state index in [2.05, 4.69) is 5.10 Å². The van der Waals surface area contributed by atoms with Crippen molar-refractivity contribution >= 4 is 5.71 Å². The first-order chi connectivity index (χ1) is 6.31. The molecule has 1 aliphatic carbocycles. The number of benzene rings is 1. The van der Waals surface area contributed by atoms with Crippen molar-refractivity contribution in [2.75, 3.05) is 0 Å². The lowest BCUT2D eigenvalue weighted by Gasteiger charge is -2.27. The molecule has 0 heterocycles. The Morgan fingerprint density at radius 2 is 2.00 bits per heavy atom. The summed E-state index contributed by atoms with van der Waals surface area (Å²) >= 11 is 0. The van der Waals surface area contributed by atoms with Gasteiger partial charge in [0.2, 0.25) is 0 Å². The molecule has 1 aliphatic rings. The van der Waals surface area contributed by atoms with Crippen molar-refractivity contribution in [1.29, 1.82) is 0 Å². The zero-order valence-corrected chi connectivity index (χ0v) is 7.20. The van der Waals surface area contributed by atoms with Crippen LogP contribution in [0.3, 0.4) is 0 Å². The number of hydrogen-bond acceptors (Lipinski definition) is 2. The summed E-state index contributed by atoms with van der Waals surface area (Å²) in [6, 6.07) is 6.88. The van der Waals surface area contributed by atoms with Crippen molar-refractivity contribution in [2.24, 2.45) is 10.9 Å². The molecule has 1 aromatic rings.